The first-order valence-corrected chi connectivity index (χ1v) is 8.22. The van der Waals surface area contributed by atoms with Crippen molar-refractivity contribution in [1.82, 2.24) is 15.8 Å². The number of aromatic nitrogens is 1. The van der Waals surface area contributed by atoms with Crippen molar-refractivity contribution in [2.75, 3.05) is 5.32 Å². The maximum atomic E-state index is 11.9. The third-order valence-electron chi connectivity index (χ3n) is 3.57. The molecule has 3 rings (SSSR count). The zero-order valence-corrected chi connectivity index (χ0v) is 14.6. The number of hydrogen-bond acceptors (Lipinski definition) is 4. The first kappa shape index (κ1) is 17.9. The van der Waals surface area contributed by atoms with E-state index in [1.807, 2.05) is 31.2 Å². The summed E-state index contributed by atoms with van der Waals surface area (Å²) >= 11 is 0. The van der Waals surface area contributed by atoms with E-state index in [2.05, 4.69) is 21.2 Å². The average molecular weight is 362 g/mol. The smallest absolute Gasteiger partial charge is 0.337 e. The van der Waals surface area contributed by atoms with Gasteiger partial charge in [0.1, 0.15) is 11.5 Å². The zero-order valence-electron chi connectivity index (χ0n) is 14.6. The van der Waals surface area contributed by atoms with E-state index in [1.165, 1.54) is 12.4 Å². The van der Waals surface area contributed by atoms with E-state index in [-0.39, 0.29) is 0 Å². The molecule has 3 aromatic rings. The number of rotatable bonds is 4. The lowest BCUT2D eigenvalue weighted by molar-refractivity contribution is 0.0938. The van der Waals surface area contributed by atoms with Crippen LogP contribution >= 0.6 is 0 Å². The largest absolute Gasteiger partial charge is 0.457 e. The topological polar surface area (TPSA) is 92.4 Å². The second-order valence-corrected chi connectivity index (χ2v) is 5.71. The molecule has 7 nitrogen and oxygen atoms in total. The summed E-state index contributed by atoms with van der Waals surface area (Å²) in [6.45, 7) is 1.99. The number of anilines is 1. The van der Waals surface area contributed by atoms with Crippen LogP contribution in [0.25, 0.3) is 0 Å². The number of nitrogens with one attached hydrogen (secondary N) is 3. The van der Waals surface area contributed by atoms with Crippen LogP contribution in [0.5, 0.6) is 11.5 Å². The second kappa shape index (κ2) is 8.48. The molecule has 3 amide bonds. The molecule has 0 radical (unpaired) electrons. The highest BCUT2D eigenvalue weighted by atomic mass is 16.5. The number of urea groups is 1. The van der Waals surface area contributed by atoms with Crippen molar-refractivity contribution in [2.45, 2.75) is 6.92 Å². The minimum atomic E-state index is -0.565. The number of nitrogens with zero attached hydrogens (tertiary/aromatic N) is 1. The summed E-state index contributed by atoms with van der Waals surface area (Å²) in [6, 6.07) is 17.1. The van der Waals surface area contributed by atoms with Gasteiger partial charge in [-0.1, -0.05) is 12.1 Å². The summed E-state index contributed by atoms with van der Waals surface area (Å²) in [5.74, 6) is 0.958. The van der Waals surface area contributed by atoms with Gasteiger partial charge in [-0.2, -0.15) is 0 Å². The first-order valence-electron chi connectivity index (χ1n) is 8.22. The van der Waals surface area contributed by atoms with Crippen molar-refractivity contribution >= 4 is 17.6 Å². The first-order chi connectivity index (χ1) is 13.1. The van der Waals surface area contributed by atoms with Gasteiger partial charge in [-0.25, -0.2) is 10.2 Å². The average Bonchev–Trinajstić information content (AvgIpc) is 2.68. The van der Waals surface area contributed by atoms with Crippen LogP contribution < -0.4 is 20.9 Å². The molecule has 1 heterocycles. The van der Waals surface area contributed by atoms with Gasteiger partial charge in [0.25, 0.3) is 5.91 Å². The lowest BCUT2D eigenvalue weighted by Crippen LogP contribution is -2.43. The van der Waals surface area contributed by atoms with E-state index in [4.69, 9.17) is 4.74 Å². The Kier molecular flexibility index (Phi) is 5.64. The molecule has 0 aliphatic carbocycles. The Morgan fingerprint density at radius 1 is 0.889 bits per heavy atom. The number of benzene rings is 2. The van der Waals surface area contributed by atoms with Gasteiger partial charge in [-0.15, -0.1) is 0 Å². The van der Waals surface area contributed by atoms with Gasteiger partial charge >= 0.3 is 6.03 Å². The number of amides is 3. The molecule has 0 fully saturated rings. The Balaban J connectivity index is 1.50. The van der Waals surface area contributed by atoms with Gasteiger partial charge in [0, 0.05) is 23.6 Å². The number of hydrazine groups is 1. The van der Waals surface area contributed by atoms with Crippen LogP contribution in [0.15, 0.2) is 73.1 Å². The van der Waals surface area contributed by atoms with Crippen LogP contribution in [-0.2, 0) is 0 Å². The lowest BCUT2D eigenvalue weighted by Gasteiger charge is -2.10. The van der Waals surface area contributed by atoms with Crippen LogP contribution in [0.2, 0.25) is 0 Å². The van der Waals surface area contributed by atoms with E-state index >= 15 is 0 Å². The Morgan fingerprint density at radius 2 is 1.63 bits per heavy atom. The Hall–Kier alpha value is -3.87. The van der Waals surface area contributed by atoms with E-state index < -0.39 is 11.9 Å². The molecule has 0 spiro atoms. The van der Waals surface area contributed by atoms with Crippen LogP contribution in [0.3, 0.4) is 0 Å². The van der Waals surface area contributed by atoms with Crippen LogP contribution in [0.4, 0.5) is 10.5 Å². The minimum Gasteiger partial charge on any atom is -0.457 e. The molecule has 0 unspecified atom stereocenters. The van der Waals surface area contributed by atoms with Gasteiger partial charge in [-0.3, -0.25) is 15.2 Å². The maximum absolute atomic E-state index is 11.9. The molecule has 0 atom stereocenters. The van der Waals surface area contributed by atoms with E-state index in [1.54, 1.807) is 36.4 Å². The van der Waals surface area contributed by atoms with E-state index in [0.717, 1.165) is 11.3 Å². The predicted octanol–water partition coefficient (Wildman–Crippen LogP) is 3.65. The highest BCUT2D eigenvalue weighted by Gasteiger charge is 2.07. The second-order valence-electron chi connectivity index (χ2n) is 5.71. The molecule has 7 heteroatoms. The summed E-state index contributed by atoms with van der Waals surface area (Å²) in [5, 5.41) is 2.62. The van der Waals surface area contributed by atoms with Gasteiger partial charge in [0.2, 0.25) is 0 Å². The minimum absolute atomic E-state index is 0.392. The zero-order chi connectivity index (χ0) is 19.1. The summed E-state index contributed by atoms with van der Waals surface area (Å²) in [6.07, 6.45) is 2.99. The Bertz CT molecular complexity index is 927. The van der Waals surface area contributed by atoms with E-state index in [9.17, 15) is 9.59 Å². The monoisotopic (exact) mass is 362 g/mol. The quantitative estimate of drug-likeness (QED) is 0.618. The number of hydrogen-bond donors (Lipinski definition) is 3. The number of carbonyl (C=O) groups is 2. The van der Waals surface area contributed by atoms with Crippen molar-refractivity contribution < 1.29 is 14.3 Å². The van der Waals surface area contributed by atoms with Crippen molar-refractivity contribution in [2.24, 2.45) is 0 Å². The fraction of sp³-hybridized carbons (Fsp3) is 0.0500. The summed E-state index contributed by atoms with van der Waals surface area (Å²) in [4.78, 5) is 27.6. The third-order valence-corrected chi connectivity index (χ3v) is 3.57. The standard InChI is InChI=1S/C20H18N4O3/c1-14-3-2-4-18(13-14)27-17-7-5-16(6-8-17)22-20(26)24-23-19(25)15-9-11-21-12-10-15/h2-13H,1H3,(H,23,25)(H2,22,24,26). The number of ether oxygens (including phenoxy) is 1. The van der Waals surface area contributed by atoms with Crippen molar-refractivity contribution in [3.8, 4) is 11.5 Å². The van der Waals surface area contributed by atoms with Crippen LogP contribution in [-0.4, -0.2) is 16.9 Å². The molecule has 0 saturated heterocycles. The van der Waals surface area contributed by atoms with E-state index in [0.29, 0.717) is 17.0 Å². The highest BCUT2D eigenvalue weighted by molar-refractivity contribution is 5.96. The summed E-state index contributed by atoms with van der Waals surface area (Å²) in [5.41, 5.74) is 6.66. The van der Waals surface area contributed by atoms with Gasteiger partial charge in [-0.05, 0) is 61.0 Å². The molecular formula is C20H18N4O3. The maximum Gasteiger partial charge on any atom is 0.337 e. The number of pyridine rings is 1. The van der Waals surface area contributed by atoms with Gasteiger partial charge in [0.15, 0.2) is 0 Å². The molecular weight excluding hydrogens is 344 g/mol. The van der Waals surface area contributed by atoms with Crippen LogP contribution in [0.1, 0.15) is 15.9 Å². The third kappa shape index (κ3) is 5.30. The Labute approximate surface area is 156 Å². The molecule has 1 aromatic heterocycles. The molecule has 0 saturated carbocycles. The molecule has 136 valence electrons. The van der Waals surface area contributed by atoms with Gasteiger partial charge in [0.05, 0.1) is 0 Å². The van der Waals surface area contributed by atoms with Crippen LogP contribution in [0, 0.1) is 6.92 Å². The molecule has 0 aliphatic heterocycles. The molecule has 27 heavy (non-hydrogen) atoms. The predicted molar refractivity (Wildman–Crippen MR) is 102 cm³/mol. The van der Waals surface area contributed by atoms with Crippen molar-refractivity contribution in [3.05, 3.63) is 84.2 Å². The molecule has 2 aromatic carbocycles. The molecule has 0 aliphatic rings. The van der Waals surface area contributed by atoms with Crippen molar-refractivity contribution in [1.29, 1.82) is 0 Å². The molecule has 3 N–H and O–H groups in total. The number of carbonyl (C=O) groups excluding carboxylic acids is 2. The van der Waals surface area contributed by atoms with Crippen molar-refractivity contribution in [3.63, 3.8) is 0 Å². The lowest BCUT2D eigenvalue weighted by atomic mass is 10.2. The van der Waals surface area contributed by atoms with Gasteiger partial charge < -0.3 is 10.1 Å². The SMILES string of the molecule is Cc1cccc(Oc2ccc(NC(=O)NNC(=O)c3ccncc3)cc2)c1. The normalized spacial score (nSPS) is 9.96. The summed E-state index contributed by atoms with van der Waals surface area (Å²) < 4.78 is 5.76. The number of aryl methyl sites for hydroxylation is 1. The fourth-order valence-corrected chi connectivity index (χ4v) is 2.27. The fourth-order valence-electron chi connectivity index (χ4n) is 2.27. The highest BCUT2D eigenvalue weighted by Crippen LogP contribution is 2.23. The Morgan fingerprint density at radius 3 is 2.33 bits per heavy atom. The summed E-state index contributed by atoms with van der Waals surface area (Å²) in [7, 11) is 0. The molecule has 0 bridgehead atoms.